The van der Waals surface area contributed by atoms with Crippen molar-refractivity contribution >= 4 is 22.5 Å². The molecule has 0 atom stereocenters. The topological polar surface area (TPSA) is 12.9 Å². The molecule has 0 unspecified atom stereocenters. The van der Waals surface area contributed by atoms with E-state index in [0.717, 1.165) is 11.1 Å². The molecule has 14 heavy (non-hydrogen) atoms. The van der Waals surface area contributed by atoms with E-state index in [-0.39, 0.29) is 5.82 Å². The number of hydrogen-bond acceptors (Lipinski definition) is 1. The number of benzene rings is 1. The Labute approximate surface area is 86.5 Å². The average molecular weight is 210 g/mol. The summed E-state index contributed by atoms with van der Waals surface area (Å²) in [6, 6.07) is 4.88. The number of hydrogen-bond donors (Lipinski definition) is 0. The van der Waals surface area contributed by atoms with Gasteiger partial charge in [0.25, 0.3) is 0 Å². The summed E-state index contributed by atoms with van der Waals surface area (Å²) < 4.78 is 13.4. The van der Waals surface area contributed by atoms with E-state index in [4.69, 9.17) is 11.6 Å². The van der Waals surface area contributed by atoms with Crippen LogP contribution in [0.25, 0.3) is 10.9 Å². The Kier molecular flexibility index (Phi) is 2.16. The van der Waals surface area contributed by atoms with Crippen LogP contribution in [0.1, 0.15) is 11.1 Å². The molecule has 0 aliphatic heterocycles. The van der Waals surface area contributed by atoms with Crippen molar-refractivity contribution in [3.05, 3.63) is 40.3 Å². The first-order valence-corrected chi connectivity index (χ1v) is 4.69. The molecule has 1 aromatic heterocycles. The summed E-state index contributed by atoms with van der Waals surface area (Å²) in [5.74, 6) is -0.252. The third-order valence-electron chi connectivity index (χ3n) is 2.26. The molecular formula is C11H9ClFN. The number of pyridine rings is 1. The summed E-state index contributed by atoms with van der Waals surface area (Å²) in [5.41, 5.74) is 2.37. The number of rotatable bonds is 0. The van der Waals surface area contributed by atoms with Crippen molar-refractivity contribution in [1.82, 2.24) is 4.98 Å². The molecule has 1 heterocycles. The minimum absolute atomic E-state index is 0.252. The quantitative estimate of drug-likeness (QED) is 0.604. The van der Waals surface area contributed by atoms with Gasteiger partial charge in [-0.2, -0.15) is 0 Å². The van der Waals surface area contributed by atoms with Crippen molar-refractivity contribution in [2.45, 2.75) is 13.8 Å². The fraction of sp³-hybridized carbons (Fsp3) is 0.182. The highest BCUT2D eigenvalue weighted by molar-refractivity contribution is 6.30. The van der Waals surface area contributed by atoms with E-state index in [1.807, 2.05) is 13.8 Å². The molecule has 2 rings (SSSR count). The van der Waals surface area contributed by atoms with Crippen LogP contribution >= 0.6 is 11.6 Å². The molecular weight excluding hydrogens is 201 g/mol. The van der Waals surface area contributed by atoms with E-state index in [1.54, 1.807) is 12.1 Å². The molecule has 0 N–H and O–H groups in total. The van der Waals surface area contributed by atoms with Gasteiger partial charge in [-0.25, -0.2) is 9.37 Å². The molecule has 0 aliphatic carbocycles. The maximum absolute atomic E-state index is 13.4. The van der Waals surface area contributed by atoms with E-state index in [2.05, 4.69) is 4.98 Å². The molecule has 2 aromatic rings. The minimum atomic E-state index is -0.252. The van der Waals surface area contributed by atoms with Crippen LogP contribution in [-0.2, 0) is 0 Å². The summed E-state index contributed by atoms with van der Waals surface area (Å²) in [5, 5.41) is 0.970. The second kappa shape index (κ2) is 3.21. The van der Waals surface area contributed by atoms with Crippen molar-refractivity contribution in [3.63, 3.8) is 0 Å². The average Bonchev–Trinajstić information content (AvgIpc) is 2.15. The second-order valence-electron chi connectivity index (χ2n) is 3.36. The molecule has 1 nitrogen and oxygen atoms in total. The highest BCUT2D eigenvalue weighted by Gasteiger charge is 2.07. The van der Waals surface area contributed by atoms with Gasteiger partial charge in [0, 0.05) is 5.39 Å². The van der Waals surface area contributed by atoms with E-state index in [1.165, 1.54) is 6.07 Å². The Hall–Kier alpha value is -1.15. The van der Waals surface area contributed by atoms with E-state index >= 15 is 0 Å². The van der Waals surface area contributed by atoms with Gasteiger partial charge in [-0.15, -0.1) is 0 Å². The molecule has 0 spiro atoms. The molecule has 0 fully saturated rings. The van der Waals surface area contributed by atoms with Gasteiger partial charge in [-0.1, -0.05) is 17.7 Å². The third kappa shape index (κ3) is 1.36. The number of fused-ring (bicyclic) bond motifs is 1. The molecule has 0 saturated carbocycles. The monoisotopic (exact) mass is 209 g/mol. The van der Waals surface area contributed by atoms with Crippen molar-refractivity contribution < 1.29 is 4.39 Å². The van der Waals surface area contributed by atoms with Gasteiger partial charge in [0.15, 0.2) is 0 Å². The van der Waals surface area contributed by atoms with Crippen LogP contribution in [0, 0.1) is 19.7 Å². The number of aromatic nitrogens is 1. The zero-order valence-electron chi connectivity index (χ0n) is 7.94. The largest absolute Gasteiger partial charge is 0.235 e. The summed E-state index contributed by atoms with van der Waals surface area (Å²) >= 11 is 5.88. The SMILES string of the molecule is Cc1cc2c(F)ccc(C)c2nc1Cl. The van der Waals surface area contributed by atoms with Crippen LogP contribution in [0.4, 0.5) is 4.39 Å². The van der Waals surface area contributed by atoms with Gasteiger partial charge >= 0.3 is 0 Å². The molecule has 0 saturated heterocycles. The maximum atomic E-state index is 13.4. The van der Waals surface area contributed by atoms with Gasteiger partial charge in [-0.05, 0) is 37.1 Å². The molecule has 3 heteroatoms. The predicted molar refractivity (Wildman–Crippen MR) is 56.2 cm³/mol. The second-order valence-corrected chi connectivity index (χ2v) is 3.71. The summed E-state index contributed by atoms with van der Waals surface area (Å²) in [6.07, 6.45) is 0. The fourth-order valence-electron chi connectivity index (χ4n) is 1.44. The third-order valence-corrected chi connectivity index (χ3v) is 2.64. The highest BCUT2D eigenvalue weighted by atomic mass is 35.5. The van der Waals surface area contributed by atoms with Gasteiger partial charge in [0.1, 0.15) is 11.0 Å². The van der Waals surface area contributed by atoms with Crippen LogP contribution in [-0.4, -0.2) is 4.98 Å². The van der Waals surface area contributed by atoms with Crippen molar-refractivity contribution in [2.24, 2.45) is 0 Å². The Morgan fingerprint density at radius 3 is 2.64 bits per heavy atom. The predicted octanol–water partition coefficient (Wildman–Crippen LogP) is 3.64. The zero-order valence-corrected chi connectivity index (χ0v) is 8.69. The Morgan fingerprint density at radius 2 is 1.93 bits per heavy atom. The molecule has 1 aromatic carbocycles. The highest BCUT2D eigenvalue weighted by Crippen LogP contribution is 2.24. The van der Waals surface area contributed by atoms with Crippen LogP contribution < -0.4 is 0 Å². The lowest BCUT2D eigenvalue weighted by Gasteiger charge is -2.05. The number of halogens is 2. The molecule has 0 radical (unpaired) electrons. The van der Waals surface area contributed by atoms with Crippen LogP contribution in [0.5, 0.6) is 0 Å². The lowest BCUT2D eigenvalue weighted by Crippen LogP contribution is -1.90. The normalized spacial score (nSPS) is 10.9. The number of aryl methyl sites for hydroxylation is 2. The Balaban J connectivity index is 2.94. The van der Waals surface area contributed by atoms with Crippen molar-refractivity contribution in [3.8, 4) is 0 Å². The van der Waals surface area contributed by atoms with Crippen molar-refractivity contribution in [2.75, 3.05) is 0 Å². The minimum Gasteiger partial charge on any atom is -0.235 e. The first-order valence-electron chi connectivity index (χ1n) is 4.31. The van der Waals surface area contributed by atoms with E-state index in [9.17, 15) is 4.39 Å². The summed E-state index contributed by atoms with van der Waals surface area (Å²) in [7, 11) is 0. The lowest BCUT2D eigenvalue weighted by atomic mass is 10.1. The Morgan fingerprint density at radius 1 is 1.21 bits per heavy atom. The molecule has 0 bridgehead atoms. The molecule has 72 valence electrons. The smallest absolute Gasteiger partial charge is 0.132 e. The lowest BCUT2D eigenvalue weighted by molar-refractivity contribution is 0.639. The number of nitrogens with zero attached hydrogens (tertiary/aromatic N) is 1. The molecule has 0 amide bonds. The van der Waals surface area contributed by atoms with Crippen LogP contribution in [0.15, 0.2) is 18.2 Å². The zero-order chi connectivity index (χ0) is 10.3. The van der Waals surface area contributed by atoms with Crippen LogP contribution in [0.2, 0.25) is 5.15 Å². The van der Waals surface area contributed by atoms with Gasteiger partial charge in [0.2, 0.25) is 0 Å². The fourth-order valence-corrected chi connectivity index (χ4v) is 1.58. The summed E-state index contributed by atoms with van der Waals surface area (Å²) in [4.78, 5) is 4.16. The van der Waals surface area contributed by atoms with Gasteiger partial charge in [-0.3, -0.25) is 0 Å². The van der Waals surface area contributed by atoms with Gasteiger partial charge in [0.05, 0.1) is 5.52 Å². The van der Waals surface area contributed by atoms with Crippen LogP contribution in [0.3, 0.4) is 0 Å². The van der Waals surface area contributed by atoms with E-state index in [0.29, 0.717) is 16.1 Å². The first kappa shape index (κ1) is 9.41. The Bertz CT molecular complexity index is 462. The van der Waals surface area contributed by atoms with E-state index < -0.39 is 0 Å². The standard InChI is InChI=1S/C11H9ClFN/c1-6-3-4-9(13)8-5-7(2)11(12)14-10(6)8/h3-5H,1-2H3. The first-order chi connectivity index (χ1) is 6.59. The van der Waals surface area contributed by atoms with Gasteiger partial charge < -0.3 is 0 Å². The maximum Gasteiger partial charge on any atom is 0.132 e. The molecule has 0 aliphatic rings. The summed E-state index contributed by atoms with van der Waals surface area (Å²) in [6.45, 7) is 3.71. The van der Waals surface area contributed by atoms with Crippen molar-refractivity contribution in [1.29, 1.82) is 0 Å².